The highest BCUT2D eigenvalue weighted by Crippen LogP contribution is 2.43. The highest BCUT2D eigenvalue weighted by molar-refractivity contribution is 7.85. The summed E-state index contributed by atoms with van der Waals surface area (Å²) in [6.07, 6.45) is 6.14. The van der Waals surface area contributed by atoms with Crippen LogP contribution < -0.4 is 11.1 Å². The fourth-order valence-electron chi connectivity index (χ4n) is 5.48. The van der Waals surface area contributed by atoms with Crippen molar-refractivity contribution in [3.63, 3.8) is 0 Å². The van der Waals surface area contributed by atoms with E-state index >= 15 is 4.39 Å². The first-order valence-corrected chi connectivity index (χ1v) is 12.7. The molecule has 1 aromatic heterocycles. The van der Waals surface area contributed by atoms with Gasteiger partial charge in [0, 0.05) is 23.1 Å². The number of nitrogens with two attached hydrogens (primary N) is 1. The number of aromatic nitrogens is 1. The number of nitrogens with one attached hydrogen (secondary N) is 1. The Hall–Kier alpha value is -2.19. The van der Waals surface area contributed by atoms with Crippen LogP contribution in [0.4, 0.5) is 10.1 Å². The Balaban J connectivity index is 1.67. The number of benzene rings is 1. The van der Waals surface area contributed by atoms with Crippen molar-refractivity contribution in [1.82, 2.24) is 4.57 Å². The molecule has 1 amide bonds. The summed E-state index contributed by atoms with van der Waals surface area (Å²) in [6, 6.07) is 3.38. The van der Waals surface area contributed by atoms with Crippen LogP contribution in [0.1, 0.15) is 73.3 Å². The highest BCUT2D eigenvalue weighted by atomic mass is 32.2. The Bertz CT molecular complexity index is 1120. The number of amides is 1. The molecule has 1 atom stereocenters. The lowest BCUT2D eigenvalue weighted by molar-refractivity contribution is 0.0997. The Morgan fingerprint density at radius 1 is 1.22 bits per heavy atom. The van der Waals surface area contributed by atoms with Crippen LogP contribution in [0.2, 0.25) is 0 Å². The van der Waals surface area contributed by atoms with Gasteiger partial charge in [0.1, 0.15) is 5.82 Å². The summed E-state index contributed by atoms with van der Waals surface area (Å²) < 4.78 is 36.1. The SMILES string of the molecule is CC1(C)Cc2c(c3c(n2-c2cc(F)c(C(N)=O)c(NC4CCCCC4)c2)COC3)S(=O)C1. The lowest BCUT2D eigenvalue weighted by atomic mass is 9.89. The molecule has 5 rings (SSSR count). The van der Waals surface area contributed by atoms with Crippen LogP contribution in [0.15, 0.2) is 17.0 Å². The van der Waals surface area contributed by atoms with Gasteiger partial charge in [-0.15, -0.1) is 0 Å². The van der Waals surface area contributed by atoms with Crippen molar-refractivity contribution in [2.24, 2.45) is 11.1 Å². The quantitative estimate of drug-likeness (QED) is 0.718. The number of rotatable bonds is 4. The summed E-state index contributed by atoms with van der Waals surface area (Å²) in [5.41, 5.74) is 9.24. The molecule has 3 heterocycles. The number of fused-ring (bicyclic) bond motifs is 3. The van der Waals surface area contributed by atoms with E-state index in [1.165, 1.54) is 12.5 Å². The monoisotopic (exact) mass is 459 g/mol. The molecule has 6 nitrogen and oxygen atoms in total. The first-order chi connectivity index (χ1) is 15.2. The first kappa shape index (κ1) is 21.6. The third kappa shape index (κ3) is 3.67. The number of carbonyl (C=O) groups is 1. The summed E-state index contributed by atoms with van der Waals surface area (Å²) in [5.74, 6) is -0.822. The van der Waals surface area contributed by atoms with Gasteiger partial charge >= 0.3 is 0 Å². The van der Waals surface area contributed by atoms with E-state index in [-0.39, 0.29) is 17.0 Å². The maximum absolute atomic E-state index is 15.3. The van der Waals surface area contributed by atoms with E-state index in [4.69, 9.17) is 10.5 Å². The minimum atomic E-state index is -1.13. The fourth-order valence-corrected chi connectivity index (χ4v) is 7.31. The standard InChI is InChI=1S/C24H30FN3O3S/c1-24(2)10-19-22(32(30)13-24)16-11-31-12-20(16)28(19)15-8-17(25)21(23(26)29)18(9-15)27-14-6-4-3-5-7-14/h8-9,14,27H,3-7,10-13H2,1-2H3,(H2,26,29). The van der Waals surface area contributed by atoms with Crippen LogP contribution in [0.5, 0.6) is 0 Å². The molecule has 2 aliphatic heterocycles. The number of hydrogen-bond acceptors (Lipinski definition) is 4. The van der Waals surface area contributed by atoms with Crippen molar-refractivity contribution in [3.05, 3.63) is 40.5 Å². The second kappa shape index (κ2) is 7.99. The Morgan fingerprint density at radius 2 is 1.97 bits per heavy atom. The lowest BCUT2D eigenvalue weighted by Crippen LogP contribution is -2.30. The molecule has 1 aliphatic carbocycles. The van der Waals surface area contributed by atoms with Crippen molar-refractivity contribution < 1.29 is 18.1 Å². The molecule has 32 heavy (non-hydrogen) atoms. The Morgan fingerprint density at radius 3 is 2.69 bits per heavy atom. The van der Waals surface area contributed by atoms with Gasteiger partial charge in [-0.2, -0.15) is 0 Å². The van der Waals surface area contributed by atoms with Crippen molar-refractivity contribution in [1.29, 1.82) is 0 Å². The van der Waals surface area contributed by atoms with Gasteiger partial charge in [-0.25, -0.2) is 4.39 Å². The minimum absolute atomic E-state index is 0.0999. The number of anilines is 1. The predicted octanol–water partition coefficient (Wildman–Crippen LogP) is 4.18. The molecule has 1 unspecified atom stereocenters. The van der Waals surface area contributed by atoms with Crippen LogP contribution in [-0.2, 0) is 35.2 Å². The molecular formula is C24H30FN3O3S. The van der Waals surface area contributed by atoms with Gasteiger partial charge in [0.25, 0.3) is 5.91 Å². The molecule has 1 saturated carbocycles. The van der Waals surface area contributed by atoms with Crippen molar-refractivity contribution >= 4 is 22.4 Å². The molecular weight excluding hydrogens is 429 g/mol. The highest BCUT2D eigenvalue weighted by Gasteiger charge is 2.39. The van der Waals surface area contributed by atoms with Gasteiger partial charge in [-0.1, -0.05) is 33.1 Å². The van der Waals surface area contributed by atoms with E-state index in [2.05, 4.69) is 19.2 Å². The molecule has 0 radical (unpaired) electrons. The zero-order valence-corrected chi connectivity index (χ0v) is 19.4. The smallest absolute Gasteiger partial charge is 0.253 e. The lowest BCUT2D eigenvalue weighted by Gasteiger charge is -2.31. The normalized spacial score (nSPS) is 22.4. The van der Waals surface area contributed by atoms with Gasteiger partial charge < -0.3 is 20.4 Å². The average Bonchev–Trinajstić information content (AvgIpc) is 3.26. The number of ether oxygens (including phenoxy) is 1. The zero-order chi connectivity index (χ0) is 22.6. The molecule has 1 aromatic carbocycles. The van der Waals surface area contributed by atoms with Crippen LogP contribution in [0, 0.1) is 11.2 Å². The topological polar surface area (TPSA) is 86.3 Å². The van der Waals surface area contributed by atoms with Crippen molar-refractivity contribution in [2.45, 2.75) is 76.5 Å². The number of halogens is 1. The molecule has 172 valence electrons. The van der Waals surface area contributed by atoms with Gasteiger partial charge in [0.15, 0.2) is 0 Å². The third-order valence-corrected chi connectivity index (χ3v) is 8.83. The fraction of sp³-hybridized carbons (Fsp3) is 0.542. The number of primary amides is 1. The second-order valence-electron chi connectivity index (χ2n) is 10.1. The average molecular weight is 460 g/mol. The molecule has 3 N–H and O–H groups in total. The molecule has 2 aromatic rings. The zero-order valence-electron chi connectivity index (χ0n) is 18.6. The summed E-state index contributed by atoms with van der Waals surface area (Å²) >= 11 is 0. The maximum atomic E-state index is 15.3. The number of carbonyl (C=O) groups excluding carboxylic acids is 1. The summed E-state index contributed by atoms with van der Waals surface area (Å²) in [7, 11) is -1.13. The van der Waals surface area contributed by atoms with E-state index < -0.39 is 22.5 Å². The predicted molar refractivity (Wildman–Crippen MR) is 122 cm³/mol. The van der Waals surface area contributed by atoms with E-state index in [1.807, 2.05) is 10.6 Å². The first-order valence-electron chi connectivity index (χ1n) is 11.4. The molecule has 0 bridgehead atoms. The van der Waals surface area contributed by atoms with Crippen LogP contribution in [0.3, 0.4) is 0 Å². The maximum Gasteiger partial charge on any atom is 0.253 e. The van der Waals surface area contributed by atoms with Gasteiger partial charge in [-0.05, 0) is 36.8 Å². The largest absolute Gasteiger partial charge is 0.382 e. The number of hydrogen-bond donors (Lipinski definition) is 2. The summed E-state index contributed by atoms with van der Waals surface area (Å²) in [6.45, 7) is 5.04. The van der Waals surface area contributed by atoms with E-state index in [0.717, 1.165) is 54.0 Å². The van der Waals surface area contributed by atoms with Crippen LogP contribution in [-0.4, -0.2) is 26.5 Å². The Kier molecular flexibility index (Phi) is 5.40. The molecule has 0 saturated heterocycles. The molecule has 0 spiro atoms. The summed E-state index contributed by atoms with van der Waals surface area (Å²) in [4.78, 5) is 13.0. The number of nitrogens with zero attached hydrogens (tertiary/aromatic N) is 1. The van der Waals surface area contributed by atoms with Crippen LogP contribution >= 0.6 is 0 Å². The molecule has 1 fully saturated rings. The van der Waals surface area contributed by atoms with Crippen molar-refractivity contribution in [2.75, 3.05) is 11.1 Å². The van der Waals surface area contributed by atoms with Crippen molar-refractivity contribution in [3.8, 4) is 5.69 Å². The molecule has 8 heteroatoms. The minimum Gasteiger partial charge on any atom is -0.382 e. The molecule has 3 aliphatic rings. The van der Waals surface area contributed by atoms with Crippen LogP contribution in [0.25, 0.3) is 5.69 Å². The van der Waals surface area contributed by atoms with Gasteiger partial charge in [0.05, 0.1) is 51.5 Å². The second-order valence-corrected chi connectivity index (χ2v) is 11.4. The third-order valence-electron chi connectivity index (χ3n) is 6.85. The van der Waals surface area contributed by atoms with E-state index in [9.17, 15) is 9.00 Å². The summed E-state index contributed by atoms with van der Waals surface area (Å²) in [5, 5.41) is 3.40. The van der Waals surface area contributed by atoms with Gasteiger partial charge in [0.2, 0.25) is 0 Å². The van der Waals surface area contributed by atoms with E-state index in [1.54, 1.807) is 0 Å². The van der Waals surface area contributed by atoms with Gasteiger partial charge in [-0.3, -0.25) is 9.00 Å². The van der Waals surface area contributed by atoms with E-state index in [0.29, 0.717) is 30.3 Å². The Labute approximate surface area is 190 Å².